The highest BCUT2D eigenvalue weighted by Gasteiger charge is 2.24. The third kappa shape index (κ3) is 8.43. The molecule has 20 heavy (non-hydrogen) atoms. The van der Waals surface area contributed by atoms with Gasteiger partial charge < -0.3 is 14.4 Å². The topological polar surface area (TPSA) is 102 Å². The molecule has 7 nitrogen and oxygen atoms in total. The van der Waals surface area contributed by atoms with Crippen LogP contribution >= 0.6 is 0 Å². The number of nitrogens with one attached hydrogen (secondary N) is 1. The second-order valence-corrected chi connectivity index (χ2v) is 9.73. The van der Waals surface area contributed by atoms with E-state index in [1.165, 1.54) is 6.92 Å². The molecule has 1 atom stereocenters. The van der Waals surface area contributed by atoms with Crippen LogP contribution in [0.1, 0.15) is 19.8 Å². The highest BCUT2D eigenvalue weighted by molar-refractivity contribution is 6.71. The van der Waals surface area contributed by atoms with E-state index >= 15 is 0 Å². The minimum atomic E-state index is -1.99. The molecule has 0 aliphatic heterocycles. The Morgan fingerprint density at radius 3 is 2.25 bits per heavy atom. The first-order valence-corrected chi connectivity index (χ1v) is 9.50. The van der Waals surface area contributed by atoms with Gasteiger partial charge in [-0.25, -0.2) is 4.79 Å². The van der Waals surface area contributed by atoms with Crippen LogP contribution in [0.3, 0.4) is 0 Å². The zero-order valence-electron chi connectivity index (χ0n) is 12.2. The fourth-order valence-electron chi connectivity index (χ4n) is 1.10. The van der Waals surface area contributed by atoms with Crippen molar-refractivity contribution in [3.63, 3.8) is 0 Å². The molecule has 8 heteroatoms. The molecule has 0 aromatic carbocycles. The Hall–Kier alpha value is -1.67. The molecular formula is C12H21NO6Si. The van der Waals surface area contributed by atoms with Gasteiger partial charge in [-0.15, -0.1) is 5.48 Å². The molecule has 0 saturated carbocycles. The number of carboxylic acid groups (broad SMARTS) is 1. The van der Waals surface area contributed by atoms with Crippen molar-refractivity contribution in [3.8, 4) is 0 Å². The summed E-state index contributed by atoms with van der Waals surface area (Å²) in [6.07, 6.45) is -0.110. The summed E-state index contributed by atoms with van der Waals surface area (Å²) >= 11 is 0. The van der Waals surface area contributed by atoms with Gasteiger partial charge in [0.15, 0.2) is 0 Å². The highest BCUT2D eigenvalue weighted by Crippen LogP contribution is 2.07. The smallest absolute Gasteiger partial charge is 0.351 e. The van der Waals surface area contributed by atoms with Crippen LogP contribution in [0.25, 0.3) is 0 Å². The zero-order valence-corrected chi connectivity index (χ0v) is 13.2. The van der Waals surface area contributed by atoms with Gasteiger partial charge in [0.1, 0.15) is 6.04 Å². The molecule has 0 fully saturated rings. The average molecular weight is 303 g/mol. The summed E-state index contributed by atoms with van der Waals surface area (Å²) in [5.41, 5.74) is 2.25. The van der Waals surface area contributed by atoms with Crippen LogP contribution in [0.15, 0.2) is 12.2 Å². The lowest BCUT2D eigenvalue weighted by atomic mass is 10.2. The van der Waals surface area contributed by atoms with E-state index in [2.05, 4.69) is 16.9 Å². The van der Waals surface area contributed by atoms with Gasteiger partial charge >= 0.3 is 11.9 Å². The summed E-state index contributed by atoms with van der Waals surface area (Å²) in [5, 5.41) is 8.95. The van der Waals surface area contributed by atoms with Crippen LogP contribution in [0.5, 0.6) is 0 Å². The number of hydroxylamine groups is 1. The lowest BCUT2D eigenvalue weighted by Gasteiger charge is -2.18. The fraction of sp³-hybridized carbons (Fsp3) is 0.583. The maximum Gasteiger partial charge on any atom is 0.351 e. The standard InChI is InChI=1S/C12H21NO6Si/c1-8(2)12(17)18-13-9(11(15)16)6-7-10(14)19-20(3,4)5/h9,13H,1,6-7H2,2-5H3,(H,15,16)/t9-/m0/s1. The second kappa shape index (κ2) is 7.80. The maximum absolute atomic E-state index is 11.5. The van der Waals surface area contributed by atoms with Crippen LogP contribution in [-0.4, -0.2) is 37.4 Å². The third-order valence-corrected chi connectivity index (χ3v) is 2.84. The quantitative estimate of drug-likeness (QED) is 0.395. The minimum Gasteiger partial charge on any atom is -0.520 e. The molecule has 0 heterocycles. The Labute approximate surface area is 119 Å². The fourth-order valence-corrected chi connectivity index (χ4v) is 1.88. The van der Waals surface area contributed by atoms with E-state index in [9.17, 15) is 14.4 Å². The largest absolute Gasteiger partial charge is 0.520 e. The van der Waals surface area contributed by atoms with Crippen molar-refractivity contribution in [3.05, 3.63) is 12.2 Å². The van der Waals surface area contributed by atoms with Gasteiger partial charge in [0, 0.05) is 12.0 Å². The van der Waals surface area contributed by atoms with Gasteiger partial charge in [-0.1, -0.05) is 6.58 Å². The molecule has 0 rings (SSSR count). The summed E-state index contributed by atoms with van der Waals surface area (Å²) in [7, 11) is -1.99. The lowest BCUT2D eigenvalue weighted by molar-refractivity contribution is -0.154. The predicted octanol–water partition coefficient (Wildman–Crippen LogP) is 1.22. The molecule has 0 unspecified atom stereocenters. The summed E-state index contributed by atoms with van der Waals surface area (Å²) in [4.78, 5) is 38.1. The summed E-state index contributed by atoms with van der Waals surface area (Å²) < 4.78 is 5.19. The first kappa shape index (κ1) is 18.3. The van der Waals surface area contributed by atoms with Crippen LogP contribution < -0.4 is 5.48 Å². The molecule has 0 saturated heterocycles. The first-order chi connectivity index (χ1) is 9.03. The van der Waals surface area contributed by atoms with E-state index in [1.807, 2.05) is 19.6 Å². The number of carboxylic acids is 1. The van der Waals surface area contributed by atoms with Crippen LogP contribution in [0.2, 0.25) is 19.6 Å². The molecule has 114 valence electrons. The molecule has 0 aromatic rings. The SMILES string of the molecule is C=C(C)C(=O)ON[C@@H](CCC(=O)O[Si](C)(C)C)C(=O)O. The van der Waals surface area contributed by atoms with Crippen molar-refractivity contribution in [2.24, 2.45) is 0 Å². The average Bonchev–Trinajstić information content (AvgIpc) is 2.25. The van der Waals surface area contributed by atoms with Crippen molar-refractivity contribution in [2.45, 2.75) is 45.4 Å². The third-order valence-electron chi connectivity index (χ3n) is 2.00. The Kier molecular flexibility index (Phi) is 7.15. The highest BCUT2D eigenvalue weighted by atomic mass is 28.4. The molecule has 0 aromatic heterocycles. The number of aliphatic carboxylic acids is 1. The van der Waals surface area contributed by atoms with E-state index < -0.39 is 32.3 Å². The lowest BCUT2D eigenvalue weighted by Crippen LogP contribution is -2.39. The molecule has 0 aliphatic carbocycles. The van der Waals surface area contributed by atoms with Crippen LogP contribution in [-0.2, 0) is 23.6 Å². The number of carbonyl (C=O) groups excluding carboxylic acids is 2. The van der Waals surface area contributed by atoms with E-state index in [4.69, 9.17) is 9.53 Å². The van der Waals surface area contributed by atoms with E-state index in [1.54, 1.807) is 0 Å². The van der Waals surface area contributed by atoms with Crippen molar-refractivity contribution >= 4 is 26.2 Å². The van der Waals surface area contributed by atoms with Crippen LogP contribution in [0.4, 0.5) is 0 Å². The molecule has 0 bridgehead atoms. The Morgan fingerprint density at radius 2 is 1.85 bits per heavy atom. The predicted molar refractivity (Wildman–Crippen MR) is 74.1 cm³/mol. The summed E-state index contributed by atoms with van der Waals surface area (Å²) in [6, 6.07) is -1.17. The zero-order chi connectivity index (χ0) is 15.9. The molecule has 0 spiro atoms. The maximum atomic E-state index is 11.5. The summed E-state index contributed by atoms with van der Waals surface area (Å²) in [6.45, 7) is 10.4. The van der Waals surface area contributed by atoms with Gasteiger partial charge in [0.2, 0.25) is 8.32 Å². The van der Waals surface area contributed by atoms with E-state index in [-0.39, 0.29) is 18.4 Å². The van der Waals surface area contributed by atoms with Crippen molar-refractivity contribution in [2.75, 3.05) is 0 Å². The van der Waals surface area contributed by atoms with Gasteiger partial charge in [-0.2, -0.15) is 0 Å². The molecule has 0 amide bonds. The monoisotopic (exact) mass is 303 g/mol. The number of carbonyl (C=O) groups is 3. The molecule has 2 N–H and O–H groups in total. The van der Waals surface area contributed by atoms with Gasteiger partial charge in [-0.3, -0.25) is 9.59 Å². The normalized spacial score (nSPS) is 12.4. The van der Waals surface area contributed by atoms with Gasteiger partial charge in [-0.05, 0) is 33.0 Å². The van der Waals surface area contributed by atoms with E-state index in [0.717, 1.165) is 0 Å². The number of hydrogen-bond acceptors (Lipinski definition) is 6. The van der Waals surface area contributed by atoms with Crippen molar-refractivity contribution in [1.29, 1.82) is 0 Å². The van der Waals surface area contributed by atoms with Gasteiger partial charge in [0.05, 0.1) is 0 Å². The molecule has 0 radical (unpaired) electrons. The Balaban J connectivity index is 4.29. The number of hydrogen-bond donors (Lipinski definition) is 2. The van der Waals surface area contributed by atoms with E-state index in [0.29, 0.717) is 0 Å². The number of rotatable bonds is 8. The molecular weight excluding hydrogens is 282 g/mol. The summed E-state index contributed by atoms with van der Waals surface area (Å²) in [5.74, 6) is -2.43. The van der Waals surface area contributed by atoms with Crippen molar-refractivity contribution in [1.82, 2.24) is 5.48 Å². The Morgan fingerprint density at radius 1 is 1.30 bits per heavy atom. The minimum absolute atomic E-state index is 0.0396. The van der Waals surface area contributed by atoms with Crippen molar-refractivity contribution < 1.29 is 28.8 Å². The second-order valence-electron chi connectivity index (χ2n) is 5.30. The van der Waals surface area contributed by atoms with Crippen LogP contribution in [0, 0.1) is 0 Å². The first-order valence-electron chi connectivity index (χ1n) is 6.10. The molecule has 0 aliphatic rings. The van der Waals surface area contributed by atoms with Gasteiger partial charge in [0.25, 0.3) is 5.97 Å². The Bertz CT molecular complexity index is 401.